The predicted molar refractivity (Wildman–Crippen MR) is 68.0 cm³/mol. The molecule has 104 valence electrons. The Morgan fingerprint density at radius 3 is 2.79 bits per heavy atom. The summed E-state index contributed by atoms with van der Waals surface area (Å²) in [6, 6.07) is 5.79. The number of aliphatic hydroxyl groups excluding tert-OH is 1. The third kappa shape index (κ3) is 5.02. The molecule has 1 rings (SSSR count). The van der Waals surface area contributed by atoms with Gasteiger partial charge in [-0.05, 0) is 12.5 Å². The number of amides is 1. The zero-order chi connectivity index (χ0) is 14.1. The molecule has 7 nitrogen and oxygen atoms in total. The molecule has 0 aromatic heterocycles. The normalized spacial score (nSPS) is 10.2. The van der Waals surface area contributed by atoms with Crippen LogP contribution in [0, 0.1) is 10.1 Å². The van der Waals surface area contributed by atoms with Crippen molar-refractivity contribution < 1.29 is 19.6 Å². The highest BCUT2D eigenvalue weighted by atomic mass is 16.6. The van der Waals surface area contributed by atoms with Crippen molar-refractivity contribution in [2.24, 2.45) is 0 Å². The van der Waals surface area contributed by atoms with Crippen molar-refractivity contribution in [1.82, 2.24) is 5.32 Å². The molecule has 0 saturated heterocycles. The molecule has 1 aromatic rings. The van der Waals surface area contributed by atoms with Gasteiger partial charge in [-0.3, -0.25) is 14.9 Å². The molecule has 0 saturated carbocycles. The number of nitrogens with one attached hydrogen (secondary N) is 1. The van der Waals surface area contributed by atoms with Crippen LogP contribution in [-0.4, -0.2) is 42.3 Å². The number of ether oxygens (including phenoxy) is 1. The van der Waals surface area contributed by atoms with Crippen molar-refractivity contribution in [2.45, 2.75) is 6.42 Å². The van der Waals surface area contributed by atoms with Gasteiger partial charge in [-0.2, -0.15) is 0 Å². The van der Waals surface area contributed by atoms with Gasteiger partial charge in [0.2, 0.25) is 0 Å². The average Bonchev–Trinajstić information content (AvgIpc) is 2.42. The maximum absolute atomic E-state index is 11.8. The molecule has 7 heteroatoms. The van der Waals surface area contributed by atoms with Gasteiger partial charge in [-0.15, -0.1) is 0 Å². The molecule has 0 heterocycles. The first-order chi connectivity index (χ1) is 9.16. The Balaban J connectivity index is 2.43. The lowest BCUT2D eigenvalue weighted by Gasteiger charge is -2.06. The second kappa shape index (κ2) is 8.17. The highest BCUT2D eigenvalue weighted by Crippen LogP contribution is 2.17. The van der Waals surface area contributed by atoms with Crippen molar-refractivity contribution in [3.05, 3.63) is 39.9 Å². The van der Waals surface area contributed by atoms with Crippen molar-refractivity contribution >= 4 is 11.6 Å². The number of nitro benzene ring substituents is 1. The van der Waals surface area contributed by atoms with Crippen LogP contribution in [0.5, 0.6) is 0 Å². The number of hydrogen-bond acceptors (Lipinski definition) is 5. The molecule has 1 aromatic carbocycles. The molecular formula is C12H16N2O5. The number of carbonyl (C=O) groups excluding carboxylic acids is 1. The number of benzene rings is 1. The monoisotopic (exact) mass is 268 g/mol. The van der Waals surface area contributed by atoms with Crippen molar-refractivity contribution in [3.63, 3.8) is 0 Å². The molecule has 0 fully saturated rings. The SMILES string of the molecule is O=C(NCCCOCCO)c1ccccc1[N+](=O)[O-]. The largest absolute Gasteiger partial charge is 0.394 e. The minimum atomic E-state index is -0.584. The zero-order valence-electron chi connectivity index (χ0n) is 10.4. The van der Waals surface area contributed by atoms with E-state index in [0.717, 1.165) is 0 Å². The summed E-state index contributed by atoms with van der Waals surface area (Å²) < 4.78 is 5.02. The van der Waals surface area contributed by atoms with E-state index in [2.05, 4.69) is 5.32 Å². The Morgan fingerprint density at radius 2 is 2.11 bits per heavy atom. The third-order valence-corrected chi connectivity index (χ3v) is 2.33. The van der Waals surface area contributed by atoms with Crippen LogP contribution in [-0.2, 0) is 4.74 Å². The topological polar surface area (TPSA) is 102 Å². The molecule has 1 amide bonds. The van der Waals surface area contributed by atoms with Gasteiger partial charge in [0, 0.05) is 19.2 Å². The van der Waals surface area contributed by atoms with Gasteiger partial charge in [0.25, 0.3) is 11.6 Å². The van der Waals surface area contributed by atoms with E-state index < -0.39 is 10.8 Å². The molecule has 0 aliphatic carbocycles. The Kier molecular flexibility index (Phi) is 6.48. The number of carbonyl (C=O) groups is 1. The fraction of sp³-hybridized carbons (Fsp3) is 0.417. The number of aliphatic hydroxyl groups is 1. The van der Waals surface area contributed by atoms with Crippen molar-refractivity contribution in [1.29, 1.82) is 0 Å². The smallest absolute Gasteiger partial charge is 0.282 e. The van der Waals surface area contributed by atoms with E-state index in [-0.39, 0.29) is 24.5 Å². The average molecular weight is 268 g/mol. The highest BCUT2D eigenvalue weighted by Gasteiger charge is 2.18. The Bertz CT molecular complexity index is 436. The molecule has 0 aliphatic rings. The maximum atomic E-state index is 11.8. The summed E-state index contributed by atoms with van der Waals surface area (Å²) in [5.41, 5.74) is -0.166. The number of rotatable bonds is 8. The van der Waals surface area contributed by atoms with Crippen LogP contribution in [0.25, 0.3) is 0 Å². The minimum absolute atomic E-state index is 0.0391. The summed E-state index contributed by atoms with van der Waals surface area (Å²) >= 11 is 0. The fourth-order valence-electron chi connectivity index (χ4n) is 1.46. The molecular weight excluding hydrogens is 252 g/mol. The van der Waals surface area contributed by atoms with Crippen LogP contribution in [0.4, 0.5) is 5.69 Å². The second-order valence-corrected chi connectivity index (χ2v) is 3.72. The lowest BCUT2D eigenvalue weighted by molar-refractivity contribution is -0.385. The van der Waals surface area contributed by atoms with Gasteiger partial charge < -0.3 is 15.2 Å². The molecule has 0 spiro atoms. The Labute approximate surface area is 110 Å². The van der Waals surface area contributed by atoms with Crippen molar-refractivity contribution in [3.8, 4) is 0 Å². The van der Waals surface area contributed by atoms with Gasteiger partial charge in [0.15, 0.2) is 0 Å². The van der Waals surface area contributed by atoms with E-state index in [0.29, 0.717) is 19.6 Å². The summed E-state index contributed by atoms with van der Waals surface area (Å²) in [5, 5.41) is 21.8. The first-order valence-electron chi connectivity index (χ1n) is 5.87. The number of hydrogen-bond donors (Lipinski definition) is 2. The standard InChI is InChI=1S/C12H16N2O5/c15-7-9-19-8-3-6-13-12(16)10-4-1-2-5-11(10)14(17)18/h1-2,4-5,15H,3,6-9H2,(H,13,16). The summed E-state index contributed by atoms with van der Waals surface area (Å²) in [5.74, 6) is -0.477. The van der Waals surface area contributed by atoms with Gasteiger partial charge >= 0.3 is 0 Å². The van der Waals surface area contributed by atoms with Gasteiger partial charge in [0.05, 0.1) is 18.1 Å². The lowest BCUT2D eigenvalue weighted by Crippen LogP contribution is -2.26. The van der Waals surface area contributed by atoms with E-state index in [1.165, 1.54) is 18.2 Å². The first-order valence-corrected chi connectivity index (χ1v) is 5.87. The quantitative estimate of drug-likeness (QED) is 0.411. The summed E-state index contributed by atoms with van der Waals surface area (Å²) in [6.07, 6.45) is 0.576. The van der Waals surface area contributed by atoms with E-state index in [1.807, 2.05) is 0 Å². The molecule has 2 N–H and O–H groups in total. The second-order valence-electron chi connectivity index (χ2n) is 3.72. The van der Waals surface area contributed by atoms with Gasteiger partial charge in [0.1, 0.15) is 5.56 Å². The molecule has 19 heavy (non-hydrogen) atoms. The highest BCUT2D eigenvalue weighted by molar-refractivity contribution is 5.98. The van der Waals surface area contributed by atoms with E-state index >= 15 is 0 Å². The Morgan fingerprint density at radius 1 is 1.37 bits per heavy atom. The third-order valence-electron chi connectivity index (χ3n) is 2.33. The fourth-order valence-corrected chi connectivity index (χ4v) is 1.46. The van der Waals surface area contributed by atoms with Crippen molar-refractivity contribution in [2.75, 3.05) is 26.4 Å². The summed E-state index contributed by atoms with van der Waals surface area (Å²) in [6.45, 7) is 0.995. The van der Waals surface area contributed by atoms with Crippen LogP contribution in [0.1, 0.15) is 16.8 Å². The summed E-state index contributed by atoms with van der Waals surface area (Å²) in [7, 11) is 0. The van der Waals surface area contributed by atoms with Gasteiger partial charge in [-0.25, -0.2) is 0 Å². The first kappa shape index (κ1) is 15.1. The van der Waals surface area contributed by atoms with Crippen LogP contribution in [0.2, 0.25) is 0 Å². The Hall–Kier alpha value is -1.99. The molecule has 0 bridgehead atoms. The van der Waals surface area contributed by atoms with E-state index in [4.69, 9.17) is 9.84 Å². The zero-order valence-corrected chi connectivity index (χ0v) is 10.4. The number of nitro groups is 1. The molecule has 0 aliphatic heterocycles. The van der Waals surface area contributed by atoms with E-state index in [9.17, 15) is 14.9 Å². The molecule has 0 atom stereocenters. The van der Waals surface area contributed by atoms with Crippen LogP contribution in [0.15, 0.2) is 24.3 Å². The van der Waals surface area contributed by atoms with Gasteiger partial charge in [-0.1, -0.05) is 12.1 Å². The van der Waals surface area contributed by atoms with E-state index in [1.54, 1.807) is 6.07 Å². The molecule has 0 unspecified atom stereocenters. The predicted octanol–water partition coefficient (Wildman–Crippen LogP) is 0.724. The minimum Gasteiger partial charge on any atom is -0.394 e. The molecule has 0 radical (unpaired) electrons. The maximum Gasteiger partial charge on any atom is 0.282 e. The number of nitrogens with zero attached hydrogens (tertiary/aromatic N) is 1. The number of para-hydroxylation sites is 1. The van der Waals surface area contributed by atoms with Crippen LogP contribution >= 0.6 is 0 Å². The lowest BCUT2D eigenvalue weighted by atomic mass is 10.1. The summed E-state index contributed by atoms with van der Waals surface area (Å²) in [4.78, 5) is 21.9. The van der Waals surface area contributed by atoms with Crippen LogP contribution in [0.3, 0.4) is 0 Å². The van der Waals surface area contributed by atoms with Crippen LogP contribution < -0.4 is 5.32 Å².